The summed E-state index contributed by atoms with van der Waals surface area (Å²) in [6.07, 6.45) is 0. The predicted octanol–water partition coefficient (Wildman–Crippen LogP) is 1.60. The van der Waals surface area contributed by atoms with E-state index in [0.717, 1.165) is 20.9 Å². The van der Waals surface area contributed by atoms with Crippen LogP contribution in [0.1, 0.15) is 13.8 Å². The van der Waals surface area contributed by atoms with Crippen LogP contribution < -0.4 is 0 Å². The topological polar surface area (TPSA) is 97.6 Å². The smallest absolute Gasteiger partial charge is 0.258 e. The van der Waals surface area contributed by atoms with Crippen molar-refractivity contribution in [3.8, 4) is 0 Å². The molecule has 9 heteroatoms. The van der Waals surface area contributed by atoms with E-state index in [9.17, 15) is 22.7 Å². The number of nitrogens with zero attached hydrogens (tertiary/aromatic N) is 2. The Labute approximate surface area is 125 Å². The summed E-state index contributed by atoms with van der Waals surface area (Å²) in [5.74, 6) is 0.153. The Kier molecular flexibility index (Phi) is 4.26. The van der Waals surface area contributed by atoms with Crippen LogP contribution in [0.15, 0.2) is 40.3 Å². The number of hydrogen-bond donors (Lipinski definition) is 0. The second kappa shape index (κ2) is 5.66. The lowest BCUT2D eigenvalue weighted by molar-refractivity contribution is -0.385. The van der Waals surface area contributed by atoms with Crippen molar-refractivity contribution in [3.05, 3.63) is 45.5 Å². The molecule has 0 saturated heterocycles. The van der Waals surface area contributed by atoms with E-state index >= 15 is 0 Å². The highest BCUT2D eigenvalue weighted by Gasteiger charge is 2.33. The fraction of sp³-hybridized carbons (Fsp3) is 0.333. The van der Waals surface area contributed by atoms with Crippen molar-refractivity contribution < 1.29 is 17.6 Å². The molecule has 0 bridgehead atoms. The molecule has 0 aliphatic carbocycles. The van der Waals surface area contributed by atoms with Crippen molar-refractivity contribution in [2.24, 2.45) is 0 Å². The van der Waals surface area contributed by atoms with E-state index in [1.165, 1.54) is 18.2 Å². The summed E-state index contributed by atoms with van der Waals surface area (Å²) in [6.45, 7) is 3.62. The summed E-state index contributed by atoms with van der Waals surface area (Å²) in [5.41, 5.74) is 1.42. The third kappa shape index (κ3) is 3.04. The van der Waals surface area contributed by atoms with Crippen LogP contribution in [0.25, 0.3) is 0 Å². The lowest BCUT2D eigenvalue weighted by Crippen LogP contribution is -2.38. The highest BCUT2D eigenvalue weighted by molar-refractivity contribution is 8.01. The molecule has 0 N–H and O–H groups in total. The lowest BCUT2D eigenvalue weighted by atomic mass is 10.2. The Morgan fingerprint density at radius 3 is 2.57 bits per heavy atom. The van der Waals surface area contributed by atoms with Gasteiger partial charge in [0.25, 0.3) is 15.7 Å². The van der Waals surface area contributed by atoms with Crippen LogP contribution in [0.4, 0.5) is 5.69 Å². The van der Waals surface area contributed by atoms with Gasteiger partial charge in [-0.15, -0.1) is 3.71 Å². The summed E-state index contributed by atoms with van der Waals surface area (Å²) in [6, 6.07) is 4.75. The maximum atomic E-state index is 12.5. The first-order valence-corrected chi connectivity index (χ1v) is 8.76. The van der Waals surface area contributed by atoms with Gasteiger partial charge < -0.3 is 0 Å². The predicted molar refractivity (Wildman–Crippen MR) is 78.4 cm³/mol. The summed E-state index contributed by atoms with van der Waals surface area (Å²) < 4.78 is 38.0. The molecule has 1 heterocycles. The van der Waals surface area contributed by atoms with E-state index in [4.69, 9.17) is 0 Å². The Balaban J connectivity index is 2.46. The summed E-state index contributed by atoms with van der Waals surface area (Å²) in [5, 5.41) is 10.7. The summed E-state index contributed by atoms with van der Waals surface area (Å²) in [4.78, 5) is 9.86. The lowest BCUT2D eigenvalue weighted by Gasteiger charge is -2.26. The van der Waals surface area contributed by atoms with Gasteiger partial charge in [-0.1, -0.05) is 17.2 Å². The molecular weight excluding hydrogens is 316 g/mol. The number of sulfonamides is 1. The van der Waals surface area contributed by atoms with E-state index in [1.54, 1.807) is 6.92 Å². The number of hydrogen-bond acceptors (Lipinski definition) is 5. The maximum absolute atomic E-state index is 12.5. The Morgan fingerprint density at radius 2 is 1.95 bits per heavy atom. The van der Waals surface area contributed by atoms with E-state index in [0.29, 0.717) is 0 Å². The average molecular weight is 330 g/mol. The molecule has 1 aliphatic heterocycles. The number of benzene rings is 1. The Morgan fingerprint density at radius 1 is 1.29 bits per heavy atom. The highest BCUT2D eigenvalue weighted by atomic mass is 32.3. The van der Waals surface area contributed by atoms with Gasteiger partial charge in [0.1, 0.15) is 11.0 Å². The largest absolute Gasteiger partial charge is 0.270 e. The third-order valence-corrected chi connectivity index (χ3v) is 7.12. The zero-order valence-corrected chi connectivity index (χ0v) is 13.1. The standard InChI is InChI=1S/C12H14N2O5S2/c1-9-7-13(20(17)8-10(9)2)21(18,19)12-5-3-4-11(6-12)14(15)16/h3-6H,7-8H2,1-2H3/t20-/m0/s1. The molecule has 1 aliphatic rings. The molecule has 0 unspecified atom stereocenters. The molecule has 0 saturated carbocycles. The average Bonchev–Trinajstić information content (AvgIpc) is 2.42. The van der Waals surface area contributed by atoms with Gasteiger partial charge in [-0.3, -0.25) is 10.1 Å². The van der Waals surface area contributed by atoms with Gasteiger partial charge in [-0.2, -0.15) is 0 Å². The monoisotopic (exact) mass is 330 g/mol. The van der Waals surface area contributed by atoms with Crippen LogP contribution in [0.3, 0.4) is 0 Å². The molecule has 1 aromatic rings. The van der Waals surface area contributed by atoms with Gasteiger partial charge in [0.05, 0.1) is 15.6 Å². The Hall–Kier alpha value is -1.58. The second-order valence-electron chi connectivity index (χ2n) is 4.75. The number of nitro benzene ring substituents is 1. The fourth-order valence-corrected chi connectivity index (χ4v) is 5.36. The minimum absolute atomic E-state index is 0.0312. The molecule has 0 spiro atoms. The van der Waals surface area contributed by atoms with Gasteiger partial charge >= 0.3 is 0 Å². The van der Waals surface area contributed by atoms with Crippen LogP contribution in [-0.4, -0.2) is 33.6 Å². The van der Waals surface area contributed by atoms with Gasteiger partial charge in [0.2, 0.25) is 0 Å². The molecule has 0 fully saturated rings. The second-order valence-corrected chi connectivity index (χ2v) is 8.21. The molecule has 1 atom stereocenters. The van der Waals surface area contributed by atoms with Gasteiger partial charge in [-0.25, -0.2) is 12.6 Å². The molecule has 2 rings (SSSR count). The molecule has 1 aromatic carbocycles. The normalized spacial score (nSPS) is 20.6. The maximum Gasteiger partial charge on any atom is 0.270 e. The van der Waals surface area contributed by atoms with E-state index in [-0.39, 0.29) is 22.9 Å². The molecule has 114 valence electrons. The van der Waals surface area contributed by atoms with Crippen LogP contribution in [0.5, 0.6) is 0 Å². The van der Waals surface area contributed by atoms with E-state index < -0.39 is 25.9 Å². The highest BCUT2D eigenvalue weighted by Crippen LogP contribution is 2.26. The third-order valence-electron chi connectivity index (χ3n) is 3.26. The number of nitro groups is 1. The van der Waals surface area contributed by atoms with E-state index in [2.05, 4.69) is 0 Å². The first-order valence-electron chi connectivity index (χ1n) is 6.04. The molecule has 7 nitrogen and oxygen atoms in total. The van der Waals surface area contributed by atoms with Gasteiger partial charge in [0.15, 0.2) is 0 Å². The van der Waals surface area contributed by atoms with Gasteiger partial charge in [-0.05, 0) is 19.9 Å². The minimum atomic E-state index is -4.03. The van der Waals surface area contributed by atoms with E-state index in [1.807, 2.05) is 6.92 Å². The molecule has 0 amide bonds. The zero-order chi connectivity index (χ0) is 15.8. The quantitative estimate of drug-likeness (QED) is 0.476. The number of rotatable bonds is 3. The molecular formula is C12H14N2O5S2. The molecule has 21 heavy (non-hydrogen) atoms. The summed E-state index contributed by atoms with van der Waals surface area (Å²) >= 11 is 0. The van der Waals surface area contributed by atoms with Crippen LogP contribution >= 0.6 is 0 Å². The fourth-order valence-electron chi connectivity index (χ4n) is 1.85. The molecule has 0 radical (unpaired) electrons. The van der Waals surface area contributed by atoms with Crippen molar-refractivity contribution in [3.63, 3.8) is 0 Å². The first kappa shape index (κ1) is 15.8. The van der Waals surface area contributed by atoms with Crippen molar-refractivity contribution in [2.45, 2.75) is 18.7 Å². The van der Waals surface area contributed by atoms with Crippen LogP contribution in [-0.2, 0) is 21.0 Å². The van der Waals surface area contributed by atoms with Crippen molar-refractivity contribution in [1.82, 2.24) is 3.71 Å². The SMILES string of the molecule is CC1=C(C)C[S@](=O)N(S(=O)(=O)c2cccc([N+](=O)[O-])c2)C1. The zero-order valence-electron chi connectivity index (χ0n) is 11.5. The Bertz CT molecular complexity index is 755. The van der Waals surface area contributed by atoms with Gasteiger partial charge in [0, 0.05) is 18.7 Å². The minimum Gasteiger partial charge on any atom is -0.258 e. The van der Waals surface area contributed by atoms with Crippen molar-refractivity contribution in [2.75, 3.05) is 12.3 Å². The molecule has 0 aromatic heterocycles. The number of non-ortho nitro benzene ring substituents is 1. The van der Waals surface area contributed by atoms with Crippen LogP contribution in [0.2, 0.25) is 0 Å². The summed E-state index contributed by atoms with van der Waals surface area (Å²) in [7, 11) is -5.73. The van der Waals surface area contributed by atoms with Crippen LogP contribution in [0, 0.1) is 10.1 Å². The first-order chi connectivity index (χ1) is 9.73. The van der Waals surface area contributed by atoms with Crippen molar-refractivity contribution in [1.29, 1.82) is 0 Å². The van der Waals surface area contributed by atoms with Crippen molar-refractivity contribution >= 4 is 26.7 Å².